The summed E-state index contributed by atoms with van der Waals surface area (Å²) in [5, 5.41) is 8.65. The lowest BCUT2D eigenvalue weighted by atomic mass is 9.34. The van der Waals surface area contributed by atoms with Gasteiger partial charge in [-0.3, -0.25) is 4.98 Å². The molecule has 7 rings (SSSR count). The van der Waals surface area contributed by atoms with Crippen LogP contribution in [0, 0.1) is 34.6 Å². The van der Waals surface area contributed by atoms with E-state index in [1.165, 1.54) is 81.9 Å². The minimum atomic E-state index is 0.166. The molecule has 0 unspecified atom stereocenters. The van der Waals surface area contributed by atoms with Crippen molar-refractivity contribution in [2.45, 2.75) is 34.6 Å². The van der Waals surface area contributed by atoms with Gasteiger partial charge in [-0.25, -0.2) is 0 Å². The zero-order valence-corrected chi connectivity index (χ0v) is 23.8. The second-order valence-corrected chi connectivity index (χ2v) is 11.6. The Labute approximate surface area is 236 Å². The summed E-state index contributed by atoms with van der Waals surface area (Å²) in [6.45, 7) is 11.3. The molecule has 0 aliphatic heterocycles. The normalized spacial score (nSPS) is 11.6. The van der Waals surface area contributed by atoms with Crippen LogP contribution in [0.1, 0.15) is 27.8 Å². The van der Waals surface area contributed by atoms with Crippen molar-refractivity contribution in [2.75, 3.05) is 0 Å². The van der Waals surface area contributed by atoms with Crippen LogP contribution in [0.3, 0.4) is 0 Å². The van der Waals surface area contributed by atoms with Crippen LogP contribution < -0.4 is 16.4 Å². The predicted octanol–water partition coefficient (Wildman–Crippen LogP) is 7.75. The Morgan fingerprint density at radius 2 is 1.23 bits per heavy atom. The molecule has 0 bridgehead atoms. The maximum absolute atomic E-state index is 4.91. The van der Waals surface area contributed by atoms with Crippen LogP contribution in [-0.2, 0) is 0 Å². The lowest BCUT2D eigenvalue weighted by Gasteiger charge is -2.23. The van der Waals surface area contributed by atoms with E-state index in [2.05, 4.69) is 132 Å². The number of hydrogen-bond acceptors (Lipinski definition) is 1. The molecule has 0 aliphatic rings. The smallest absolute Gasteiger partial charge is 0.242 e. The van der Waals surface area contributed by atoms with Crippen molar-refractivity contribution in [2.24, 2.45) is 0 Å². The molecule has 0 fully saturated rings. The van der Waals surface area contributed by atoms with E-state index in [1.807, 2.05) is 6.20 Å². The largest absolute Gasteiger partial charge is 0.255 e. The third kappa shape index (κ3) is 3.90. The van der Waals surface area contributed by atoms with Crippen molar-refractivity contribution >= 4 is 66.3 Å². The van der Waals surface area contributed by atoms with E-state index in [0.29, 0.717) is 0 Å². The van der Waals surface area contributed by atoms with E-state index >= 15 is 0 Å². The van der Waals surface area contributed by atoms with Gasteiger partial charge in [-0.2, -0.15) is 0 Å². The first-order valence-electron chi connectivity index (χ1n) is 14.2. The highest BCUT2D eigenvalue weighted by molar-refractivity contribution is 6.96. The SMILES string of the molecule is Cc1ccc(B(c2ccc3c(ccc4cnc5c6ccccc6ccc5c43)c2)c2c(C)cc(C)cc2C)c(C)c1. The van der Waals surface area contributed by atoms with Crippen LogP contribution in [0.25, 0.3) is 43.2 Å². The fourth-order valence-corrected chi connectivity index (χ4v) is 6.98. The lowest BCUT2D eigenvalue weighted by molar-refractivity contribution is 1.35. The molecule has 1 aromatic heterocycles. The molecule has 192 valence electrons. The maximum Gasteiger partial charge on any atom is 0.242 e. The lowest BCUT2D eigenvalue weighted by Crippen LogP contribution is -2.54. The summed E-state index contributed by atoms with van der Waals surface area (Å²) < 4.78 is 0. The molecule has 0 atom stereocenters. The number of fused-ring (bicyclic) bond motifs is 7. The predicted molar refractivity (Wildman–Crippen MR) is 175 cm³/mol. The number of hydrogen-bond donors (Lipinski definition) is 0. The van der Waals surface area contributed by atoms with Crippen molar-refractivity contribution in [3.63, 3.8) is 0 Å². The van der Waals surface area contributed by atoms with Crippen LogP contribution in [0.2, 0.25) is 0 Å². The summed E-state index contributed by atoms with van der Waals surface area (Å²) >= 11 is 0. The maximum atomic E-state index is 4.91. The Morgan fingerprint density at radius 3 is 2.02 bits per heavy atom. The van der Waals surface area contributed by atoms with Crippen LogP contribution >= 0.6 is 0 Å². The van der Waals surface area contributed by atoms with E-state index in [-0.39, 0.29) is 6.71 Å². The average Bonchev–Trinajstić information content (AvgIpc) is 2.94. The minimum absolute atomic E-state index is 0.166. The van der Waals surface area contributed by atoms with Gasteiger partial charge in [0.2, 0.25) is 6.71 Å². The second kappa shape index (κ2) is 9.35. The molecule has 6 aromatic carbocycles. The zero-order valence-electron chi connectivity index (χ0n) is 23.8. The minimum Gasteiger partial charge on any atom is -0.255 e. The monoisotopic (exact) mass is 513 g/mol. The summed E-state index contributed by atoms with van der Waals surface area (Å²) in [4.78, 5) is 4.91. The van der Waals surface area contributed by atoms with Crippen molar-refractivity contribution in [3.8, 4) is 0 Å². The van der Waals surface area contributed by atoms with Gasteiger partial charge < -0.3 is 0 Å². The van der Waals surface area contributed by atoms with Gasteiger partial charge in [0.25, 0.3) is 0 Å². The molecule has 0 spiro atoms. The van der Waals surface area contributed by atoms with Gasteiger partial charge in [-0.15, -0.1) is 0 Å². The number of aromatic nitrogens is 1. The van der Waals surface area contributed by atoms with Gasteiger partial charge in [0.05, 0.1) is 5.52 Å². The molecule has 2 heteroatoms. The van der Waals surface area contributed by atoms with Gasteiger partial charge in [-0.1, -0.05) is 141 Å². The summed E-state index contributed by atoms with van der Waals surface area (Å²) in [6, 6.07) is 36.2. The first-order valence-corrected chi connectivity index (χ1v) is 14.2. The fraction of sp³-hybridized carbons (Fsp3) is 0.132. The highest BCUT2D eigenvalue weighted by Crippen LogP contribution is 2.34. The Hall–Kier alpha value is -4.43. The molecular weight excluding hydrogens is 481 g/mol. The summed E-state index contributed by atoms with van der Waals surface area (Å²) in [7, 11) is 0. The number of aryl methyl sites for hydroxylation is 5. The van der Waals surface area contributed by atoms with Crippen LogP contribution in [0.5, 0.6) is 0 Å². The third-order valence-corrected chi connectivity index (χ3v) is 8.68. The van der Waals surface area contributed by atoms with E-state index in [1.54, 1.807) is 0 Å². The first kappa shape index (κ1) is 24.6. The molecule has 0 radical (unpaired) electrons. The van der Waals surface area contributed by atoms with Crippen molar-refractivity contribution in [1.29, 1.82) is 0 Å². The van der Waals surface area contributed by atoms with Gasteiger partial charge in [0, 0.05) is 27.7 Å². The van der Waals surface area contributed by atoms with E-state index in [0.717, 1.165) is 5.52 Å². The summed E-state index contributed by atoms with van der Waals surface area (Å²) in [5.74, 6) is 0. The van der Waals surface area contributed by atoms with E-state index in [4.69, 9.17) is 4.98 Å². The molecule has 0 saturated heterocycles. The number of rotatable bonds is 3. The fourth-order valence-electron chi connectivity index (χ4n) is 6.98. The Kier molecular flexibility index (Phi) is 5.75. The van der Waals surface area contributed by atoms with Crippen molar-refractivity contribution in [1.82, 2.24) is 4.98 Å². The molecule has 0 saturated carbocycles. The quantitative estimate of drug-likeness (QED) is 0.174. The first-order chi connectivity index (χ1) is 19.4. The van der Waals surface area contributed by atoms with Gasteiger partial charge >= 0.3 is 0 Å². The van der Waals surface area contributed by atoms with Gasteiger partial charge in [0.1, 0.15) is 0 Å². The van der Waals surface area contributed by atoms with Crippen LogP contribution in [0.4, 0.5) is 0 Å². The Balaban J connectivity index is 1.51. The molecule has 0 amide bonds. The molecule has 1 nitrogen and oxygen atoms in total. The topological polar surface area (TPSA) is 12.9 Å². The van der Waals surface area contributed by atoms with Gasteiger partial charge in [-0.05, 0) is 50.8 Å². The Morgan fingerprint density at radius 1 is 0.525 bits per heavy atom. The average molecular weight is 513 g/mol. The number of nitrogens with zero attached hydrogens (tertiary/aromatic N) is 1. The van der Waals surface area contributed by atoms with Crippen molar-refractivity contribution < 1.29 is 0 Å². The third-order valence-electron chi connectivity index (χ3n) is 8.68. The number of pyridine rings is 1. The molecule has 1 heterocycles. The number of benzene rings is 6. The van der Waals surface area contributed by atoms with Crippen molar-refractivity contribution in [3.05, 3.63) is 131 Å². The Bertz CT molecular complexity index is 2100. The standard InChI is InChI=1S/C38H32BN/c1-23-10-17-35(25(3)18-23)39(37-26(4)19-24(2)20-27(37)5)31-14-16-32-29(21-31)11-12-30-22-40-38-33-9-7-6-8-28(33)13-15-34(38)36(30)32/h6-22H,1-5H3. The molecule has 0 N–H and O–H groups in total. The van der Waals surface area contributed by atoms with Gasteiger partial charge in [0.15, 0.2) is 0 Å². The molecular formula is C38H32BN. The molecule has 40 heavy (non-hydrogen) atoms. The van der Waals surface area contributed by atoms with E-state index < -0.39 is 0 Å². The zero-order chi connectivity index (χ0) is 27.5. The highest BCUT2D eigenvalue weighted by atomic mass is 14.7. The van der Waals surface area contributed by atoms with E-state index in [9.17, 15) is 0 Å². The second-order valence-electron chi connectivity index (χ2n) is 11.6. The summed E-state index contributed by atoms with van der Waals surface area (Å²) in [6.07, 6.45) is 2.04. The molecule has 0 aliphatic carbocycles. The van der Waals surface area contributed by atoms with Crippen LogP contribution in [0.15, 0.2) is 103 Å². The van der Waals surface area contributed by atoms with Crippen LogP contribution in [-0.4, -0.2) is 11.7 Å². The molecule has 7 aromatic rings. The summed E-state index contributed by atoms with van der Waals surface area (Å²) in [5.41, 5.74) is 11.9. The highest BCUT2D eigenvalue weighted by Gasteiger charge is 2.27.